The summed E-state index contributed by atoms with van der Waals surface area (Å²) in [6.45, 7) is 7.78. The fraction of sp³-hybridized carbons (Fsp3) is 0.290. The number of para-hydroxylation sites is 3. The third-order valence-electron chi connectivity index (χ3n) is 6.97. The molecule has 2 heterocycles. The van der Waals surface area contributed by atoms with Crippen LogP contribution in [0.1, 0.15) is 35.7 Å². The quantitative estimate of drug-likeness (QED) is 0.198. The van der Waals surface area contributed by atoms with Gasteiger partial charge in [-0.3, -0.25) is 4.79 Å². The number of amides is 1. The second-order valence-electron chi connectivity index (χ2n) is 9.48. The molecule has 1 aromatic heterocycles. The van der Waals surface area contributed by atoms with Gasteiger partial charge < -0.3 is 18.9 Å². The van der Waals surface area contributed by atoms with Gasteiger partial charge in [-0.05, 0) is 61.2 Å². The van der Waals surface area contributed by atoms with Gasteiger partial charge in [-0.25, -0.2) is 4.98 Å². The number of hydrogen-bond donors (Lipinski definition) is 0. The molecule has 0 aliphatic carbocycles. The molecule has 1 amide bonds. The molecule has 0 bridgehead atoms. The highest BCUT2D eigenvalue weighted by Crippen LogP contribution is 2.34. The molecular formula is C31H33N3O3. The standard InChI is InChI=1S/C31H33N3O3/c1-4-10-23-15-16-28(29(19-23)36-3)37-18-9-17-33-27-14-8-6-12-25(27)32-31(33)24-20-30(35)34(21-24)26-13-7-5-11-22(26)2/h4-8,11-16,19,24H,1,9-10,17-18,20-21H2,2-3H3. The van der Waals surface area contributed by atoms with Crippen molar-refractivity contribution in [3.05, 3.63) is 96.3 Å². The molecule has 0 saturated carbocycles. The Kier molecular flexibility index (Phi) is 7.26. The van der Waals surface area contributed by atoms with Gasteiger partial charge in [-0.2, -0.15) is 0 Å². The van der Waals surface area contributed by atoms with Crippen LogP contribution in [-0.4, -0.2) is 35.7 Å². The Morgan fingerprint density at radius 3 is 2.70 bits per heavy atom. The van der Waals surface area contributed by atoms with Crippen molar-refractivity contribution >= 4 is 22.6 Å². The predicted molar refractivity (Wildman–Crippen MR) is 148 cm³/mol. The Morgan fingerprint density at radius 1 is 1.08 bits per heavy atom. The molecular weight excluding hydrogens is 462 g/mol. The summed E-state index contributed by atoms with van der Waals surface area (Å²) in [7, 11) is 1.66. The van der Waals surface area contributed by atoms with Crippen molar-refractivity contribution in [3.63, 3.8) is 0 Å². The largest absolute Gasteiger partial charge is 0.493 e. The van der Waals surface area contributed by atoms with Crippen LogP contribution in [-0.2, 0) is 17.8 Å². The Bertz CT molecular complexity index is 1420. The minimum Gasteiger partial charge on any atom is -0.493 e. The number of carbonyl (C=O) groups excluding carboxylic acids is 1. The lowest BCUT2D eigenvalue weighted by atomic mass is 10.1. The van der Waals surface area contributed by atoms with Crippen molar-refractivity contribution in [1.29, 1.82) is 0 Å². The number of fused-ring (bicyclic) bond motifs is 1. The summed E-state index contributed by atoms with van der Waals surface area (Å²) < 4.78 is 13.9. The van der Waals surface area contributed by atoms with Crippen LogP contribution in [0.2, 0.25) is 0 Å². The number of aromatic nitrogens is 2. The van der Waals surface area contributed by atoms with Crippen LogP contribution in [0.25, 0.3) is 11.0 Å². The first-order valence-electron chi connectivity index (χ1n) is 12.8. The van der Waals surface area contributed by atoms with Crippen molar-refractivity contribution in [2.24, 2.45) is 0 Å². The topological polar surface area (TPSA) is 56.6 Å². The maximum Gasteiger partial charge on any atom is 0.227 e. The van der Waals surface area contributed by atoms with Crippen LogP contribution in [0.4, 0.5) is 5.69 Å². The zero-order valence-corrected chi connectivity index (χ0v) is 21.5. The smallest absolute Gasteiger partial charge is 0.227 e. The van der Waals surface area contributed by atoms with E-state index >= 15 is 0 Å². The molecule has 1 aliphatic heterocycles. The van der Waals surface area contributed by atoms with Crippen molar-refractivity contribution in [2.75, 3.05) is 25.2 Å². The van der Waals surface area contributed by atoms with Crippen LogP contribution < -0.4 is 14.4 Å². The molecule has 4 aromatic rings. The second-order valence-corrected chi connectivity index (χ2v) is 9.48. The maximum absolute atomic E-state index is 13.0. The zero-order valence-electron chi connectivity index (χ0n) is 21.5. The van der Waals surface area contributed by atoms with Crippen molar-refractivity contribution < 1.29 is 14.3 Å². The molecule has 0 radical (unpaired) electrons. The molecule has 37 heavy (non-hydrogen) atoms. The number of ether oxygens (including phenoxy) is 2. The van der Waals surface area contributed by atoms with E-state index in [1.54, 1.807) is 7.11 Å². The molecule has 190 valence electrons. The number of aryl methyl sites for hydroxylation is 2. The van der Waals surface area contributed by atoms with Gasteiger partial charge in [0.05, 0.1) is 24.8 Å². The van der Waals surface area contributed by atoms with Gasteiger partial charge in [0.2, 0.25) is 5.91 Å². The molecule has 1 unspecified atom stereocenters. The van der Waals surface area contributed by atoms with Gasteiger partial charge >= 0.3 is 0 Å². The Hall–Kier alpha value is -4.06. The lowest BCUT2D eigenvalue weighted by molar-refractivity contribution is -0.117. The Morgan fingerprint density at radius 2 is 1.89 bits per heavy atom. The van der Waals surface area contributed by atoms with E-state index in [-0.39, 0.29) is 11.8 Å². The monoisotopic (exact) mass is 495 g/mol. The van der Waals surface area contributed by atoms with Crippen LogP contribution in [0.5, 0.6) is 11.5 Å². The van der Waals surface area contributed by atoms with Gasteiger partial charge in [0.1, 0.15) is 5.82 Å². The number of anilines is 1. The number of allylic oxidation sites excluding steroid dienone is 1. The highest BCUT2D eigenvalue weighted by Gasteiger charge is 2.35. The van der Waals surface area contributed by atoms with E-state index in [4.69, 9.17) is 14.5 Å². The number of imidazole rings is 1. The van der Waals surface area contributed by atoms with Crippen molar-refractivity contribution in [2.45, 2.75) is 38.6 Å². The molecule has 6 nitrogen and oxygen atoms in total. The van der Waals surface area contributed by atoms with Crippen LogP contribution in [0.3, 0.4) is 0 Å². The van der Waals surface area contributed by atoms with Crippen LogP contribution in [0, 0.1) is 6.92 Å². The van der Waals surface area contributed by atoms with Gasteiger partial charge in [0, 0.05) is 31.1 Å². The molecule has 6 heteroatoms. The minimum atomic E-state index is 0.0397. The zero-order chi connectivity index (χ0) is 25.8. The maximum atomic E-state index is 13.0. The predicted octanol–water partition coefficient (Wildman–Crippen LogP) is 6.07. The molecule has 1 fully saturated rings. The van der Waals surface area contributed by atoms with Gasteiger partial charge in [-0.1, -0.05) is 42.5 Å². The number of benzene rings is 3. The third kappa shape index (κ3) is 5.10. The number of rotatable bonds is 10. The first-order chi connectivity index (χ1) is 18.1. The van der Waals surface area contributed by atoms with E-state index < -0.39 is 0 Å². The van der Waals surface area contributed by atoms with E-state index in [1.807, 2.05) is 78.6 Å². The minimum absolute atomic E-state index is 0.0397. The fourth-order valence-corrected chi connectivity index (χ4v) is 5.15. The lowest BCUT2D eigenvalue weighted by Gasteiger charge is -2.19. The number of nitrogens with zero attached hydrogens (tertiary/aromatic N) is 3. The average Bonchev–Trinajstić information content (AvgIpc) is 3.48. The molecule has 1 atom stereocenters. The van der Waals surface area contributed by atoms with Crippen LogP contribution in [0.15, 0.2) is 79.4 Å². The van der Waals surface area contributed by atoms with E-state index in [9.17, 15) is 4.79 Å². The van der Waals surface area contributed by atoms with Crippen molar-refractivity contribution in [3.8, 4) is 11.5 Å². The van der Waals surface area contributed by atoms with Crippen molar-refractivity contribution in [1.82, 2.24) is 9.55 Å². The van der Waals surface area contributed by atoms with E-state index in [2.05, 4.69) is 17.2 Å². The van der Waals surface area contributed by atoms with E-state index in [0.29, 0.717) is 19.6 Å². The lowest BCUT2D eigenvalue weighted by Crippen LogP contribution is -2.25. The molecule has 3 aromatic carbocycles. The first-order valence-corrected chi connectivity index (χ1v) is 12.8. The third-order valence-corrected chi connectivity index (χ3v) is 6.97. The summed E-state index contributed by atoms with van der Waals surface area (Å²) in [6.07, 6.45) is 3.92. The van der Waals surface area contributed by atoms with Gasteiger partial charge in [0.25, 0.3) is 0 Å². The second kappa shape index (κ2) is 10.9. The molecule has 0 spiro atoms. The molecule has 5 rings (SSSR count). The first kappa shape index (κ1) is 24.6. The summed E-state index contributed by atoms with van der Waals surface area (Å²) in [5, 5.41) is 0. The number of methoxy groups -OCH3 is 1. The SMILES string of the molecule is C=CCc1ccc(OCCCn2c(C3CC(=O)N(c4ccccc4C)C3)nc3ccccc32)c(OC)c1. The Labute approximate surface area is 218 Å². The average molecular weight is 496 g/mol. The van der Waals surface area contributed by atoms with Crippen LogP contribution >= 0.6 is 0 Å². The fourth-order valence-electron chi connectivity index (χ4n) is 5.15. The summed E-state index contributed by atoms with van der Waals surface area (Å²) in [4.78, 5) is 19.9. The van der Waals surface area contributed by atoms with E-state index in [0.717, 1.165) is 64.6 Å². The number of carbonyl (C=O) groups is 1. The highest BCUT2D eigenvalue weighted by atomic mass is 16.5. The summed E-state index contributed by atoms with van der Waals surface area (Å²) in [5.74, 6) is 2.62. The normalized spacial score (nSPS) is 15.4. The molecule has 0 N–H and O–H groups in total. The molecule has 1 saturated heterocycles. The summed E-state index contributed by atoms with van der Waals surface area (Å²) in [6, 6.07) is 22.2. The molecule has 1 aliphatic rings. The number of hydrogen-bond acceptors (Lipinski definition) is 4. The van der Waals surface area contributed by atoms with E-state index in [1.165, 1.54) is 0 Å². The summed E-state index contributed by atoms with van der Waals surface area (Å²) in [5.41, 5.74) is 5.28. The highest BCUT2D eigenvalue weighted by molar-refractivity contribution is 5.97. The van der Waals surface area contributed by atoms with Gasteiger partial charge in [-0.15, -0.1) is 6.58 Å². The Balaban J connectivity index is 1.32. The van der Waals surface area contributed by atoms with Gasteiger partial charge in [0.15, 0.2) is 11.5 Å². The summed E-state index contributed by atoms with van der Waals surface area (Å²) >= 11 is 0.